The third-order valence-corrected chi connectivity index (χ3v) is 9.15. The lowest BCUT2D eigenvalue weighted by Gasteiger charge is -2.15. The van der Waals surface area contributed by atoms with E-state index in [1.807, 2.05) is 45.0 Å². The molecule has 0 unspecified atom stereocenters. The number of carbonyl (C=O) groups is 2. The van der Waals surface area contributed by atoms with E-state index in [0.717, 1.165) is 46.2 Å². The maximum atomic E-state index is 12.7. The molecule has 1 N–H and O–H groups in total. The second kappa shape index (κ2) is 18.7. The quantitative estimate of drug-likeness (QED) is 0.0682. The van der Waals surface area contributed by atoms with Crippen molar-refractivity contribution in [2.75, 3.05) is 11.9 Å². The van der Waals surface area contributed by atoms with Gasteiger partial charge in [0.15, 0.2) is 17.1 Å². The molecule has 0 saturated carbocycles. The first-order chi connectivity index (χ1) is 25.7. The van der Waals surface area contributed by atoms with Gasteiger partial charge in [-0.05, 0) is 53.2 Å². The van der Waals surface area contributed by atoms with Gasteiger partial charge in [-0.25, -0.2) is 14.6 Å². The second-order valence-electron chi connectivity index (χ2n) is 15.4. The van der Waals surface area contributed by atoms with E-state index in [2.05, 4.69) is 72.1 Å². The second-order valence-corrected chi connectivity index (χ2v) is 15.4. The molecule has 0 atom stereocenters. The van der Waals surface area contributed by atoms with Crippen molar-refractivity contribution in [2.45, 2.75) is 139 Å². The maximum absolute atomic E-state index is 12.7. The molecule has 0 aliphatic carbocycles. The van der Waals surface area contributed by atoms with Crippen LogP contribution in [0.25, 0.3) is 38.7 Å². The zero-order chi connectivity index (χ0) is 39.6. The first kappa shape index (κ1) is 41.6. The van der Waals surface area contributed by atoms with Crippen LogP contribution in [-0.4, -0.2) is 52.9 Å². The number of carbonyl (C=O) groups excluding carboxylic acids is 2. The van der Waals surface area contributed by atoms with Crippen LogP contribution in [0.5, 0.6) is 0 Å². The molecule has 0 saturated heterocycles. The summed E-state index contributed by atoms with van der Waals surface area (Å²) in [6.45, 7) is 27.9. The molecule has 0 radical (unpaired) electrons. The molecule has 0 aliphatic rings. The number of anilines is 1. The number of aryl methyl sites for hydroxylation is 1. The van der Waals surface area contributed by atoms with Gasteiger partial charge in [-0.2, -0.15) is 5.10 Å². The number of nitrogens with one attached hydrogen (secondary N) is 1. The van der Waals surface area contributed by atoms with Gasteiger partial charge in [0.25, 0.3) is 0 Å². The third kappa shape index (κ3) is 10.1. The van der Waals surface area contributed by atoms with Gasteiger partial charge >= 0.3 is 5.97 Å². The minimum atomic E-state index is -0.475. The molecule has 5 aromatic rings. The lowest BCUT2D eigenvalue weighted by atomic mass is 9.90. The van der Waals surface area contributed by atoms with Crippen molar-refractivity contribution in [3.05, 3.63) is 63.3 Å². The van der Waals surface area contributed by atoms with Crippen molar-refractivity contribution in [2.24, 2.45) is 0 Å². The van der Waals surface area contributed by atoms with Crippen LogP contribution in [0.3, 0.4) is 0 Å². The molecule has 5 rings (SSSR count). The molecule has 12 nitrogen and oxygen atoms in total. The first-order valence-electron chi connectivity index (χ1n) is 19.2. The van der Waals surface area contributed by atoms with Crippen LogP contribution < -0.4 is 15.9 Å². The molecule has 54 heavy (non-hydrogen) atoms. The van der Waals surface area contributed by atoms with E-state index in [4.69, 9.17) is 16.3 Å². The Kier molecular flexibility index (Phi) is 14.4. The summed E-state index contributed by atoms with van der Waals surface area (Å²) in [5.41, 5.74) is 6.32. The molecule has 0 aliphatic heterocycles. The molecular formula is C42H57N9O3. The molecule has 1 aromatic carbocycles. The highest BCUT2D eigenvalue weighted by atomic mass is 16.5. The number of rotatable bonds is 14. The highest BCUT2D eigenvalue weighted by Gasteiger charge is 2.26. The number of fused-ring (bicyclic) bond motifs is 2. The summed E-state index contributed by atoms with van der Waals surface area (Å²) in [5.74, 6) is 0.674. The number of benzene rings is 1. The fraction of sp³-hybridized carbons (Fsp3) is 0.524. The molecule has 288 valence electrons. The van der Waals surface area contributed by atoms with Crippen molar-refractivity contribution >= 4 is 45.7 Å². The van der Waals surface area contributed by atoms with Crippen molar-refractivity contribution in [3.63, 3.8) is 0 Å². The summed E-state index contributed by atoms with van der Waals surface area (Å²) in [6, 6.07) is 7.50. The van der Waals surface area contributed by atoms with Crippen LogP contribution >= 0.6 is 0 Å². The summed E-state index contributed by atoms with van der Waals surface area (Å²) in [6.07, 6.45) is 12.3. The van der Waals surface area contributed by atoms with Crippen LogP contribution in [0.1, 0.15) is 148 Å². The van der Waals surface area contributed by atoms with Crippen LogP contribution in [0.4, 0.5) is 11.4 Å². The summed E-state index contributed by atoms with van der Waals surface area (Å²) < 4.78 is 8.87. The minimum Gasteiger partial charge on any atom is -0.463 e. The number of aromatic nitrogens is 7. The zero-order valence-corrected chi connectivity index (χ0v) is 33.9. The van der Waals surface area contributed by atoms with E-state index in [-0.39, 0.29) is 16.9 Å². The van der Waals surface area contributed by atoms with Crippen molar-refractivity contribution < 1.29 is 14.3 Å². The Balaban J connectivity index is 0.000000243. The molecule has 1 amide bonds. The topological polar surface area (TPSA) is 133 Å². The largest absolute Gasteiger partial charge is 0.463 e. The number of unbranched alkanes of at least 4 members (excludes halogenated alkanes) is 9. The van der Waals surface area contributed by atoms with Gasteiger partial charge in [-0.1, -0.05) is 109 Å². The number of ether oxygens (including phenoxy) is 1. The molecular weight excluding hydrogens is 679 g/mol. The minimum absolute atomic E-state index is 0.0829. The standard InChI is InChI=1S/C23H34N4O2.C19H23N5O/c1-6-7-8-9-10-11-12-13-14-15-16-29-23(28)19-20(24-5)21(17(2)3)27-18(4)25-26-22(19)27;1-11(2)15-16(19(4,5)6)22-24-18(15)21-17(23-24)13-8-7-9-14(10-13)20-12(3)25/h6-16H2,1-4H3;7-10H,1-6H3,(H,20,25). The average Bonchev–Trinajstić information content (AvgIpc) is 3.86. The van der Waals surface area contributed by atoms with E-state index >= 15 is 0 Å². The van der Waals surface area contributed by atoms with Crippen LogP contribution in [0, 0.1) is 13.5 Å². The van der Waals surface area contributed by atoms with Gasteiger partial charge in [0.05, 0.1) is 24.2 Å². The fourth-order valence-electron chi connectivity index (χ4n) is 6.53. The van der Waals surface area contributed by atoms with Crippen molar-refractivity contribution in [1.29, 1.82) is 0 Å². The number of hydrogen-bond donors (Lipinski definition) is 1. The highest BCUT2D eigenvalue weighted by molar-refractivity contribution is 6.03. The van der Waals surface area contributed by atoms with E-state index in [9.17, 15) is 9.59 Å². The monoisotopic (exact) mass is 735 g/mol. The third-order valence-electron chi connectivity index (χ3n) is 9.15. The SMILES string of the molecule is CC(=O)Nc1cccc(-c2nc3c(=C(C)C)c(C(C)(C)C)nn3n2)c1.[C-]#[N+]c1c(C(=O)OCCCCCCCCCCCC)c2nnc(C)n2c1=C(C)C. The van der Waals surface area contributed by atoms with Crippen molar-refractivity contribution in [1.82, 2.24) is 34.4 Å². The smallest absolute Gasteiger partial charge is 0.331 e. The predicted octanol–water partition coefficient (Wildman–Crippen LogP) is 8.53. The Morgan fingerprint density at radius 2 is 1.52 bits per heavy atom. The molecule has 4 heterocycles. The molecule has 0 fully saturated rings. The average molecular weight is 736 g/mol. The van der Waals surface area contributed by atoms with E-state index in [0.29, 0.717) is 34.9 Å². The Hall–Kier alpha value is -5.18. The first-order valence-corrected chi connectivity index (χ1v) is 19.2. The number of amides is 1. The van der Waals surface area contributed by atoms with Crippen LogP contribution in [0.15, 0.2) is 24.3 Å². The van der Waals surface area contributed by atoms with Gasteiger partial charge in [-0.3, -0.25) is 9.20 Å². The van der Waals surface area contributed by atoms with Crippen molar-refractivity contribution in [3.8, 4) is 11.4 Å². The summed E-state index contributed by atoms with van der Waals surface area (Å²) in [5, 5.41) is 21.9. The lowest BCUT2D eigenvalue weighted by Crippen LogP contribution is -2.23. The van der Waals surface area contributed by atoms with E-state index < -0.39 is 5.97 Å². The summed E-state index contributed by atoms with van der Waals surface area (Å²) in [7, 11) is 0. The predicted molar refractivity (Wildman–Crippen MR) is 215 cm³/mol. The maximum Gasteiger partial charge on any atom is 0.331 e. The molecule has 12 heteroatoms. The van der Waals surface area contributed by atoms with Gasteiger partial charge in [0.1, 0.15) is 11.4 Å². The fourth-order valence-corrected chi connectivity index (χ4v) is 6.53. The van der Waals surface area contributed by atoms with Crippen LogP contribution in [0.2, 0.25) is 0 Å². The Morgan fingerprint density at radius 1 is 0.870 bits per heavy atom. The highest BCUT2D eigenvalue weighted by Crippen LogP contribution is 2.25. The number of hydrogen-bond acceptors (Lipinski definition) is 8. The van der Waals surface area contributed by atoms with Gasteiger partial charge in [-0.15, -0.1) is 19.9 Å². The Labute approximate surface area is 319 Å². The molecule has 0 bridgehead atoms. The Bertz CT molecular complexity index is 2230. The zero-order valence-electron chi connectivity index (χ0n) is 33.9. The number of esters is 1. The normalized spacial score (nSPS) is 11.4. The van der Waals surface area contributed by atoms with E-state index in [1.165, 1.54) is 63.9 Å². The van der Waals surface area contributed by atoms with Crippen LogP contribution in [-0.2, 0) is 14.9 Å². The van der Waals surface area contributed by atoms with Gasteiger partial charge in [0.2, 0.25) is 11.6 Å². The molecule has 0 spiro atoms. The van der Waals surface area contributed by atoms with Gasteiger partial charge < -0.3 is 10.1 Å². The Morgan fingerprint density at radius 3 is 2.09 bits per heavy atom. The lowest BCUT2D eigenvalue weighted by molar-refractivity contribution is -0.114. The van der Waals surface area contributed by atoms with Gasteiger partial charge in [0, 0.05) is 28.8 Å². The van der Waals surface area contributed by atoms with E-state index in [1.54, 1.807) is 9.03 Å². The number of nitrogens with zero attached hydrogens (tertiary/aromatic N) is 8. The summed E-state index contributed by atoms with van der Waals surface area (Å²) in [4.78, 5) is 32.3. The molecule has 4 aromatic heterocycles. The summed E-state index contributed by atoms with van der Waals surface area (Å²) >= 11 is 0.